The van der Waals surface area contributed by atoms with Crippen LogP contribution in [0, 0.1) is 10.5 Å². The second-order valence-electron chi connectivity index (χ2n) is 4.18. The average Bonchev–Trinajstić information content (AvgIpc) is 2.26. The van der Waals surface area contributed by atoms with Crippen molar-refractivity contribution in [1.29, 1.82) is 0 Å². The Morgan fingerprint density at radius 2 is 2.06 bits per heavy atom. The first-order chi connectivity index (χ1) is 8.31. The Bertz CT molecular complexity index is 540. The highest BCUT2D eigenvalue weighted by Crippen LogP contribution is 2.16. The van der Waals surface area contributed by atoms with Crippen LogP contribution in [0.25, 0.3) is 0 Å². The van der Waals surface area contributed by atoms with E-state index in [0.717, 1.165) is 9.13 Å². The van der Waals surface area contributed by atoms with Crippen LogP contribution in [0.4, 0.5) is 0 Å². The van der Waals surface area contributed by atoms with E-state index in [0.29, 0.717) is 18.5 Å². The minimum absolute atomic E-state index is 0.0954. The van der Waals surface area contributed by atoms with Gasteiger partial charge in [0.1, 0.15) is 9.84 Å². The van der Waals surface area contributed by atoms with Crippen LogP contribution in [0.3, 0.4) is 0 Å². The summed E-state index contributed by atoms with van der Waals surface area (Å²) < 4.78 is 22.8. The van der Waals surface area contributed by atoms with E-state index in [-0.39, 0.29) is 11.7 Å². The number of amides is 1. The molecule has 0 aromatic heterocycles. The number of carbonyl (C=O) groups is 1. The lowest BCUT2D eigenvalue weighted by atomic mass is 10.1. The van der Waals surface area contributed by atoms with Gasteiger partial charge in [0.15, 0.2) is 0 Å². The van der Waals surface area contributed by atoms with Crippen LogP contribution < -0.4 is 5.32 Å². The molecule has 1 amide bonds. The summed E-state index contributed by atoms with van der Waals surface area (Å²) in [6.45, 7) is 2.32. The van der Waals surface area contributed by atoms with Gasteiger partial charge in [-0.25, -0.2) is 8.42 Å². The van der Waals surface area contributed by atoms with Crippen LogP contribution >= 0.6 is 22.6 Å². The van der Waals surface area contributed by atoms with Gasteiger partial charge in [0, 0.05) is 16.4 Å². The van der Waals surface area contributed by atoms with Gasteiger partial charge in [-0.05, 0) is 47.6 Å². The highest BCUT2D eigenvalue weighted by Gasteiger charge is 2.10. The molecule has 0 aliphatic rings. The Hall–Kier alpha value is -0.630. The minimum Gasteiger partial charge on any atom is -0.352 e. The molecule has 18 heavy (non-hydrogen) atoms. The van der Waals surface area contributed by atoms with E-state index in [9.17, 15) is 13.2 Å². The molecule has 0 fully saturated rings. The summed E-state index contributed by atoms with van der Waals surface area (Å²) >= 11 is 2.14. The number of carbonyl (C=O) groups excluding carboxylic acids is 1. The monoisotopic (exact) mass is 381 g/mol. The quantitative estimate of drug-likeness (QED) is 0.625. The Morgan fingerprint density at radius 3 is 2.67 bits per heavy atom. The fourth-order valence-corrected chi connectivity index (χ4v) is 2.73. The van der Waals surface area contributed by atoms with Gasteiger partial charge in [-0.15, -0.1) is 0 Å². The Morgan fingerprint density at radius 1 is 1.39 bits per heavy atom. The molecule has 0 saturated carbocycles. The standard InChI is InChI=1S/C12H16INO3S/c1-9-5-3-6-10(11(9)13)12(15)14-7-4-8-18(2,16)17/h3,5-6H,4,7-8H2,1-2H3,(H,14,15). The number of aryl methyl sites for hydroxylation is 1. The van der Waals surface area contributed by atoms with Crippen molar-refractivity contribution in [3.8, 4) is 0 Å². The highest BCUT2D eigenvalue weighted by molar-refractivity contribution is 14.1. The zero-order valence-corrected chi connectivity index (χ0v) is 13.3. The molecule has 0 unspecified atom stereocenters. The number of hydrogen-bond donors (Lipinski definition) is 1. The maximum Gasteiger partial charge on any atom is 0.252 e. The molecule has 6 heteroatoms. The number of halogens is 1. The first-order valence-corrected chi connectivity index (χ1v) is 8.66. The lowest BCUT2D eigenvalue weighted by Gasteiger charge is -2.08. The van der Waals surface area contributed by atoms with Crippen molar-refractivity contribution in [3.05, 3.63) is 32.9 Å². The average molecular weight is 381 g/mol. The van der Waals surface area contributed by atoms with Gasteiger partial charge in [-0.2, -0.15) is 0 Å². The van der Waals surface area contributed by atoms with Crippen LogP contribution in [-0.4, -0.2) is 32.9 Å². The van der Waals surface area contributed by atoms with Crippen molar-refractivity contribution < 1.29 is 13.2 Å². The highest BCUT2D eigenvalue weighted by atomic mass is 127. The van der Waals surface area contributed by atoms with E-state index < -0.39 is 9.84 Å². The second kappa shape index (κ2) is 6.51. The zero-order chi connectivity index (χ0) is 13.8. The third kappa shape index (κ3) is 4.93. The second-order valence-corrected chi connectivity index (χ2v) is 7.51. The van der Waals surface area contributed by atoms with Crippen molar-refractivity contribution in [2.45, 2.75) is 13.3 Å². The number of hydrogen-bond acceptors (Lipinski definition) is 3. The summed E-state index contributed by atoms with van der Waals surface area (Å²) in [6, 6.07) is 5.55. The Kier molecular flexibility index (Phi) is 5.58. The van der Waals surface area contributed by atoms with E-state index in [1.54, 1.807) is 6.07 Å². The molecular formula is C12H16INO3S. The number of sulfone groups is 1. The molecule has 0 saturated heterocycles. The Balaban J connectivity index is 2.54. The van der Waals surface area contributed by atoms with E-state index in [1.807, 2.05) is 19.1 Å². The van der Waals surface area contributed by atoms with Gasteiger partial charge in [0.25, 0.3) is 5.91 Å². The van der Waals surface area contributed by atoms with Crippen molar-refractivity contribution in [2.24, 2.45) is 0 Å². The van der Waals surface area contributed by atoms with Crippen molar-refractivity contribution in [1.82, 2.24) is 5.32 Å². The lowest BCUT2D eigenvalue weighted by Crippen LogP contribution is -2.26. The van der Waals surface area contributed by atoms with Crippen LogP contribution in [0.15, 0.2) is 18.2 Å². The Labute approximate surface area is 121 Å². The topological polar surface area (TPSA) is 63.2 Å². The third-order valence-electron chi connectivity index (χ3n) is 2.41. The molecule has 0 heterocycles. The van der Waals surface area contributed by atoms with Crippen molar-refractivity contribution >= 4 is 38.3 Å². The molecule has 1 rings (SSSR count). The minimum atomic E-state index is -2.95. The number of rotatable bonds is 5. The molecule has 1 aromatic carbocycles. The van der Waals surface area contributed by atoms with E-state index >= 15 is 0 Å². The van der Waals surface area contributed by atoms with Crippen LogP contribution in [0.1, 0.15) is 22.3 Å². The van der Waals surface area contributed by atoms with Gasteiger partial charge in [-0.3, -0.25) is 4.79 Å². The normalized spacial score (nSPS) is 11.3. The van der Waals surface area contributed by atoms with Crippen LogP contribution in [0.2, 0.25) is 0 Å². The maximum absolute atomic E-state index is 11.9. The van der Waals surface area contributed by atoms with Gasteiger partial charge in [0.05, 0.1) is 11.3 Å². The molecule has 1 N–H and O–H groups in total. The summed E-state index contributed by atoms with van der Waals surface area (Å²) in [5.74, 6) is -0.0605. The first kappa shape index (κ1) is 15.4. The molecule has 100 valence electrons. The number of benzene rings is 1. The molecule has 0 radical (unpaired) electrons. The molecule has 0 aliphatic carbocycles. The van der Waals surface area contributed by atoms with Crippen LogP contribution in [-0.2, 0) is 9.84 Å². The van der Waals surface area contributed by atoms with Crippen molar-refractivity contribution in [2.75, 3.05) is 18.6 Å². The summed E-state index contributed by atoms with van der Waals surface area (Å²) in [7, 11) is -2.95. The largest absolute Gasteiger partial charge is 0.352 e. The van der Waals surface area contributed by atoms with Gasteiger partial charge >= 0.3 is 0 Å². The maximum atomic E-state index is 11.9. The lowest BCUT2D eigenvalue weighted by molar-refractivity contribution is 0.0952. The summed E-state index contributed by atoms with van der Waals surface area (Å²) in [5, 5.41) is 2.73. The van der Waals surface area contributed by atoms with Gasteiger partial charge in [0.2, 0.25) is 0 Å². The van der Waals surface area contributed by atoms with E-state index in [4.69, 9.17) is 0 Å². The predicted molar refractivity (Wildman–Crippen MR) is 80.6 cm³/mol. The SMILES string of the molecule is Cc1cccc(C(=O)NCCCS(C)(=O)=O)c1I. The van der Waals surface area contributed by atoms with E-state index in [1.165, 1.54) is 6.26 Å². The van der Waals surface area contributed by atoms with Gasteiger partial charge in [-0.1, -0.05) is 12.1 Å². The number of nitrogens with one attached hydrogen (secondary N) is 1. The summed E-state index contributed by atoms with van der Waals surface area (Å²) in [6.07, 6.45) is 1.63. The molecule has 1 aromatic rings. The van der Waals surface area contributed by atoms with Gasteiger partial charge < -0.3 is 5.32 Å². The first-order valence-electron chi connectivity index (χ1n) is 5.52. The third-order valence-corrected chi connectivity index (χ3v) is 4.88. The smallest absolute Gasteiger partial charge is 0.252 e. The predicted octanol–water partition coefficient (Wildman–Crippen LogP) is 1.76. The van der Waals surface area contributed by atoms with Crippen LogP contribution in [0.5, 0.6) is 0 Å². The zero-order valence-electron chi connectivity index (χ0n) is 10.4. The summed E-state index contributed by atoms with van der Waals surface area (Å²) in [4.78, 5) is 11.9. The molecular weight excluding hydrogens is 365 g/mol. The molecule has 4 nitrogen and oxygen atoms in total. The molecule has 0 spiro atoms. The molecule has 0 aliphatic heterocycles. The fourth-order valence-electron chi connectivity index (χ4n) is 1.45. The fraction of sp³-hybridized carbons (Fsp3) is 0.417. The molecule has 0 bridgehead atoms. The summed E-state index contributed by atoms with van der Waals surface area (Å²) in [5.41, 5.74) is 1.69. The van der Waals surface area contributed by atoms with E-state index in [2.05, 4.69) is 27.9 Å². The van der Waals surface area contributed by atoms with Crippen molar-refractivity contribution in [3.63, 3.8) is 0 Å². The molecule has 0 atom stereocenters.